The average molecular weight is 225 g/mol. The first-order valence-electron chi connectivity index (χ1n) is 3.88. The van der Waals surface area contributed by atoms with Crippen molar-refractivity contribution < 1.29 is 22.5 Å². The van der Waals surface area contributed by atoms with Gasteiger partial charge in [-0.2, -0.15) is 8.42 Å². The number of amides is 1. The van der Waals surface area contributed by atoms with Gasteiger partial charge in [0.2, 0.25) is 5.91 Å². The molecular formula is C7H15NO5S. The molecule has 84 valence electrons. The van der Waals surface area contributed by atoms with Crippen LogP contribution in [0.3, 0.4) is 0 Å². The first-order valence-corrected chi connectivity index (χ1v) is 5.70. The van der Waals surface area contributed by atoms with E-state index >= 15 is 0 Å². The van der Waals surface area contributed by atoms with E-state index in [1.54, 1.807) is 0 Å². The van der Waals surface area contributed by atoms with Gasteiger partial charge in [-0.05, 0) is 0 Å². The van der Waals surface area contributed by atoms with Gasteiger partial charge in [0, 0.05) is 5.41 Å². The monoisotopic (exact) mass is 225 g/mol. The lowest BCUT2D eigenvalue weighted by Gasteiger charge is -2.28. The van der Waals surface area contributed by atoms with Crippen LogP contribution >= 0.6 is 0 Å². The summed E-state index contributed by atoms with van der Waals surface area (Å²) in [5.74, 6) is -0.922. The highest BCUT2D eigenvalue weighted by atomic mass is 32.2. The van der Waals surface area contributed by atoms with Crippen molar-refractivity contribution >= 4 is 16.0 Å². The van der Waals surface area contributed by atoms with Crippen molar-refractivity contribution in [1.29, 1.82) is 0 Å². The average Bonchev–Trinajstić information content (AvgIpc) is 1.98. The molecule has 3 N–H and O–H groups in total. The van der Waals surface area contributed by atoms with Crippen LogP contribution in [-0.2, 0) is 19.1 Å². The van der Waals surface area contributed by atoms with Gasteiger partial charge in [-0.1, -0.05) is 13.8 Å². The van der Waals surface area contributed by atoms with Crippen LogP contribution in [0, 0.1) is 5.41 Å². The second-order valence-corrected chi connectivity index (χ2v) is 5.33. The first-order chi connectivity index (χ1) is 6.10. The van der Waals surface area contributed by atoms with Gasteiger partial charge >= 0.3 is 0 Å². The molecular weight excluding hydrogens is 210 g/mol. The highest BCUT2D eigenvalue weighted by Gasteiger charge is 2.37. The van der Waals surface area contributed by atoms with Crippen molar-refractivity contribution in [2.24, 2.45) is 11.1 Å². The van der Waals surface area contributed by atoms with E-state index < -0.39 is 34.2 Å². The van der Waals surface area contributed by atoms with E-state index in [1.807, 2.05) is 0 Å². The number of aliphatic hydroxyl groups is 1. The third-order valence-corrected chi connectivity index (χ3v) is 2.19. The smallest absolute Gasteiger partial charge is 0.265 e. The standard InChI is InChI=1S/C7H15NO5S/c1-7(2,4-9)5(6(8)10)13-14(3,11)12/h5,9H,4H2,1-3H3,(H2,8,10)/t5-/m0/s1. The number of hydrogen-bond donors (Lipinski definition) is 2. The second-order valence-electron chi connectivity index (χ2n) is 3.73. The number of primary amides is 1. The zero-order valence-corrected chi connectivity index (χ0v) is 9.17. The van der Waals surface area contributed by atoms with Gasteiger partial charge in [0.05, 0.1) is 12.9 Å². The summed E-state index contributed by atoms with van der Waals surface area (Å²) in [5.41, 5.74) is 3.93. The molecule has 0 radical (unpaired) electrons. The minimum absolute atomic E-state index is 0.407. The number of nitrogens with two attached hydrogens (primary N) is 1. The normalized spacial score (nSPS) is 15.1. The Balaban J connectivity index is 4.89. The lowest BCUT2D eigenvalue weighted by molar-refractivity contribution is -0.131. The van der Waals surface area contributed by atoms with Crippen molar-refractivity contribution in [3.8, 4) is 0 Å². The van der Waals surface area contributed by atoms with E-state index in [0.29, 0.717) is 0 Å². The van der Waals surface area contributed by atoms with Gasteiger partial charge in [0.15, 0.2) is 6.10 Å². The fraction of sp³-hybridized carbons (Fsp3) is 0.857. The Kier molecular flexibility index (Phi) is 4.04. The Bertz CT molecular complexity index is 308. The summed E-state index contributed by atoms with van der Waals surface area (Å²) in [6.07, 6.45) is -0.543. The van der Waals surface area contributed by atoms with Gasteiger partial charge in [-0.25, -0.2) is 0 Å². The number of hydrogen-bond acceptors (Lipinski definition) is 5. The van der Waals surface area contributed by atoms with Crippen molar-refractivity contribution in [3.05, 3.63) is 0 Å². The summed E-state index contributed by atoms with van der Waals surface area (Å²) in [5, 5.41) is 8.93. The molecule has 0 aromatic rings. The number of aliphatic hydroxyl groups excluding tert-OH is 1. The Morgan fingerprint density at radius 2 is 2.00 bits per heavy atom. The molecule has 0 fully saturated rings. The maximum atomic E-state index is 10.9. The van der Waals surface area contributed by atoms with Gasteiger partial charge in [0.25, 0.3) is 10.1 Å². The molecule has 0 aliphatic heterocycles. The fourth-order valence-corrected chi connectivity index (χ4v) is 1.53. The number of rotatable bonds is 5. The first kappa shape index (κ1) is 13.3. The zero-order valence-electron chi connectivity index (χ0n) is 8.35. The molecule has 0 aromatic carbocycles. The third-order valence-electron chi connectivity index (χ3n) is 1.65. The van der Waals surface area contributed by atoms with E-state index in [0.717, 1.165) is 6.26 Å². The number of carbonyl (C=O) groups is 1. The SMILES string of the molecule is CC(C)(CO)[C@@H](OS(C)(=O)=O)C(N)=O. The molecule has 0 saturated heterocycles. The maximum absolute atomic E-state index is 10.9. The molecule has 1 amide bonds. The maximum Gasteiger partial charge on any atom is 0.265 e. The van der Waals surface area contributed by atoms with Crippen LogP contribution in [0.4, 0.5) is 0 Å². The fourth-order valence-electron chi connectivity index (χ4n) is 0.820. The molecule has 6 nitrogen and oxygen atoms in total. The molecule has 0 rings (SSSR count). The molecule has 1 atom stereocenters. The predicted molar refractivity (Wildman–Crippen MR) is 49.8 cm³/mol. The van der Waals surface area contributed by atoms with Crippen LogP contribution in [0.1, 0.15) is 13.8 Å². The molecule has 0 heterocycles. The minimum atomic E-state index is -3.77. The summed E-state index contributed by atoms with van der Waals surface area (Å²) < 4.78 is 26.1. The van der Waals surface area contributed by atoms with Crippen LogP contribution in [-0.4, -0.2) is 38.4 Å². The third kappa shape index (κ3) is 4.03. The molecule has 7 heteroatoms. The Hall–Kier alpha value is -0.660. The van der Waals surface area contributed by atoms with Gasteiger partial charge in [0.1, 0.15) is 0 Å². The molecule has 0 aliphatic carbocycles. The Labute approximate surface area is 83.2 Å². The molecule has 0 saturated carbocycles. The summed E-state index contributed by atoms with van der Waals surface area (Å²) >= 11 is 0. The summed E-state index contributed by atoms with van der Waals surface area (Å²) in [4.78, 5) is 10.9. The van der Waals surface area contributed by atoms with Gasteiger partial charge in [-0.15, -0.1) is 0 Å². The van der Waals surface area contributed by atoms with E-state index in [9.17, 15) is 13.2 Å². The number of carbonyl (C=O) groups excluding carboxylic acids is 1. The Morgan fingerprint density at radius 3 is 2.21 bits per heavy atom. The second kappa shape index (κ2) is 4.24. The summed E-state index contributed by atoms with van der Waals surface area (Å²) in [6, 6.07) is 0. The van der Waals surface area contributed by atoms with Crippen LogP contribution in [0.5, 0.6) is 0 Å². The topological polar surface area (TPSA) is 107 Å². The highest BCUT2D eigenvalue weighted by Crippen LogP contribution is 2.23. The minimum Gasteiger partial charge on any atom is -0.396 e. The van der Waals surface area contributed by atoms with Gasteiger partial charge < -0.3 is 10.8 Å². The van der Waals surface area contributed by atoms with E-state index in [-0.39, 0.29) is 0 Å². The van der Waals surface area contributed by atoms with Crippen LogP contribution in [0.15, 0.2) is 0 Å². The quantitative estimate of drug-likeness (QED) is 0.574. The van der Waals surface area contributed by atoms with E-state index in [2.05, 4.69) is 4.18 Å². The summed E-state index contributed by atoms with van der Waals surface area (Å²) in [6.45, 7) is 2.55. The molecule has 0 bridgehead atoms. The predicted octanol–water partition coefficient (Wildman–Crippen LogP) is -1.16. The van der Waals surface area contributed by atoms with Crippen LogP contribution < -0.4 is 5.73 Å². The molecule has 0 unspecified atom stereocenters. The van der Waals surface area contributed by atoms with Gasteiger partial charge in [-0.3, -0.25) is 8.98 Å². The van der Waals surface area contributed by atoms with Crippen LogP contribution in [0.2, 0.25) is 0 Å². The highest BCUT2D eigenvalue weighted by molar-refractivity contribution is 7.86. The molecule has 0 spiro atoms. The Morgan fingerprint density at radius 1 is 1.57 bits per heavy atom. The molecule has 14 heavy (non-hydrogen) atoms. The molecule has 0 aliphatic rings. The van der Waals surface area contributed by atoms with Crippen molar-refractivity contribution in [3.63, 3.8) is 0 Å². The lowest BCUT2D eigenvalue weighted by atomic mass is 9.87. The molecule has 0 aromatic heterocycles. The van der Waals surface area contributed by atoms with Crippen molar-refractivity contribution in [1.82, 2.24) is 0 Å². The van der Waals surface area contributed by atoms with E-state index in [4.69, 9.17) is 10.8 Å². The van der Waals surface area contributed by atoms with Crippen LogP contribution in [0.25, 0.3) is 0 Å². The van der Waals surface area contributed by atoms with Crippen molar-refractivity contribution in [2.75, 3.05) is 12.9 Å². The largest absolute Gasteiger partial charge is 0.396 e. The van der Waals surface area contributed by atoms with E-state index in [1.165, 1.54) is 13.8 Å². The summed E-state index contributed by atoms with van der Waals surface area (Å²) in [7, 11) is -3.77. The van der Waals surface area contributed by atoms with Crippen molar-refractivity contribution in [2.45, 2.75) is 20.0 Å². The lowest BCUT2D eigenvalue weighted by Crippen LogP contribution is -2.46. The zero-order chi connectivity index (χ0) is 11.6.